The van der Waals surface area contributed by atoms with E-state index in [0.717, 1.165) is 18.4 Å². The van der Waals surface area contributed by atoms with Gasteiger partial charge in [0.1, 0.15) is 6.04 Å². The highest BCUT2D eigenvalue weighted by atomic mass is 35.5. The predicted octanol–water partition coefficient (Wildman–Crippen LogP) is 2.73. The number of cyclic esters (lactones) is 1. The number of anilines is 1. The molecule has 5 rings (SSSR count). The Balaban J connectivity index is 1.63. The average Bonchev–Trinajstić information content (AvgIpc) is 3.20. The summed E-state index contributed by atoms with van der Waals surface area (Å²) in [7, 11) is 0. The maximum Gasteiger partial charge on any atom is 0.311 e. The number of fused-ring (bicyclic) bond motifs is 2. The summed E-state index contributed by atoms with van der Waals surface area (Å²) in [6.45, 7) is 2.23. The molecule has 1 aromatic rings. The first-order chi connectivity index (χ1) is 16.4. The average molecular weight is 503 g/mol. The number of halogens is 1. The van der Waals surface area contributed by atoms with E-state index in [0.29, 0.717) is 23.9 Å². The van der Waals surface area contributed by atoms with Gasteiger partial charge in [-0.25, -0.2) is 0 Å². The number of nitrogens with zero attached hydrogens (tertiary/aromatic N) is 2. The van der Waals surface area contributed by atoms with Crippen molar-refractivity contribution in [2.75, 3.05) is 31.2 Å². The number of aliphatic hydroxyl groups is 1. The molecular formula is C25H27ClN2O5S. The van der Waals surface area contributed by atoms with Crippen molar-refractivity contribution in [3.05, 3.63) is 53.1 Å². The Labute approximate surface area is 207 Å². The number of hydrogen-bond acceptors (Lipinski definition) is 6. The number of aryl methyl sites for hydroxylation is 1. The Bertz CT molecular complexity index is 1070. The highest BCUT2D eigenvalue weighted by Crippen LogP contribution is 2.60. The quantitative estimate of drug-likeness (QED) is 0.505. The summed E-state index contributed by atoms with van der Waals surface area (Å²) < 4.78 is 4.60. The zero-order valence-electron chi connectivity index (χ0n) is 18.9. The fraction of sp³-hybridized carbons (Fsp3) is 0.480. The van der Waals surface area contributed by atoms with Crippen molar-refractivity contribution >= 4 is 46.8 Å². The Morgan fingerprint density at radius 3 is 2.82 bits per heavy atom. The van der Waals surface area contributed by atoms with Crippen LogP contribution in [-0.4, -0.2) is 70.1 Å². The molecule has 1 aromatic carbocycles. The lowest BCUT2D eigenvalue weighted by atomic mass is 9.78. The van der Waals surface area contributed by atoms with E-state index in [2.05, 4.69) is 0 Å². The van der Waals surface area contributed by atoms with E-state index >= 15 is 0 Å². The summed E-state index contributed by atoms with van der Waals surface area (Å²) in [5, 5.41) is 9.94. The standard InChI is InChI=1S/C25H27ClN2O5S/c1-15-7-5-8-16(26)20(15)27-11-6-10-25-19(22(30)28(12-13-29)21(25)23(27)31)18-17(34-25)9-3-2-4-14-33-24(18)32/h3,5-10,17-19,21,29H,2,4,11-14H2,1H3/b9-3-/t17-,18+,19+,21?,25+/m1/s1. The molecule has 180 valence electrons. The number of ether oxygens (including phenoxy) is 1. The van der Waals surface area contributed by atoms with E-state index in [1.807, 2.05) is 43.4 Å². The van der Waals surface area contributed by atoms with Gasteiger partial charge in [0.05, 0.1) is 40.5 Å². The lowest BCUT2D eigenvalue weighted by Gasteiger charge is -2.35. The highest BCUT2D eigenvalue weighted by molar-refractivity contribution is 8.02. The van der Waals surface area contributed by atoms with Crippen LogP contribution in [0, 0.1) is 18.8 Å². The lowest BCUT2D eigenvalue weighted by molar-refractivity contribution is -0.153. The molecule has 0 radical (unpaired) electrons. The largest absolute Gasteiger partial charge is 0.465 e. The van der Waals surface area contributed by atoms with Crippen LogP contribution in [0.15, 0.2) is 42.5 Å². The minimum absolute atomic E-state index is 0.0134. The Hall–Kier alpha value is -2.29. The van der Waals surface area contributed by atoms with E-state index < -0.39 is 28.6 Å². The van der Waals surface area contributed by atoms with Crippen LogP contribution in [-0.2, 0) is 19.1 Å². The molecule has 1 N–H and O–H groups in total. The molecule has 4 heterocycles. The zero-order valence-corrected chi connectivity index (χ0v) is 20.4. The third-order valence-electron chi connectivity index (χ3n) is 7.15. The summed E-state index contributed by atoms with van der Waals surface area (Å²) in [5.74, 6) is -2.39. The van der Waals surface area contributed by atoms with Crippen molar-refractivity contribution in [3.8, 4) is 0 Å². The summed E-state index contributed by atoms with van der Waals surface area (Å²) in [6.07, 6.45) is 9.39. The van der Waals surface area contributed by atoms with E-state index in [9.17, 15) is 19.5 Å². The van der Waals surface area contributed by atoms with Crippen LogP contribution >= 0.6 is 23.4 Å². The summed E-state index contributed by atoms with van der Waals surface area (Å²) in [4.78, 5) is 44.2. The molecular weight excluding hydrogens is 476 g/mol. The molecule has 0 bridgehead atoms. The third-order valence-corrected chi connectivity index (χ3v) is 9.20. The monoisotopic (exact) mass is 502 g/mol. The van der Waals surface area contributed by atoms with Crippen molar-refractivity contribution in [2.45, 2.75) is 35.8 Å². The van der Waals surface area contributed by atoms with Gasteiger partial charge in [-0.05, 0) is 31.4 Å². The molecule has 2 saturated heterocycles. The van der Waals surface area contributed by atoms with Crippen molar-refractivity contribution in [2.24, 2.45) is 11.8 Å². The molecule has 1 unspecified atom stereocenters. The normalized spacial score (nSPS) is 33.9. The highest BCUT2D eigenvalue weighted by Gasteiger charge is 2.71. The summed E-state index contributed by atoms with van der Waals surface area (Å²) >= 11 is 8.01. The second-order valence-electron chi connectivity index (χ2n) is 9.09. The molecule has 7 nitrogen and oxygen atoms in total. The van der Waals surface area contributed by atoms with E-state index in [1.165, 1.54) is 16.7 Å². The molecule has 4 aliphatic rings. The van der Waals surface area contributed by atoms with E-state index in [1.54, 1.807) is 11.0 Å². The third kappa shape index (κ3) is 3.49. The number of esters is 1. The van der Waals surface area contributed by atoms with Gasteiger partial charge in [-0.15, -0.1) is 11.8 Å². The number of rotatable bonds is 3. The number of allylic oxidation sites excluding steroid dienone is 1. The van der Waals surface area contributed by atoms with E-state index in [-0.39, 0.29) is 30.2 Å². The number of thioether (sulfide) groups is 1. The fourth-order valence-electron chi connectivity index (χ4n) is 5.77. The molecule has 34 heavy (non-hydrogen) atoms. The van der Waals surface area contributed by atoms with Crippen molar-refractivity contribution in [3.63, 3.8) is 0 Å². The van der Waals surface area contributed by atoms with Crippen LogP contribution in [0.2, 0.25) is 5.02 Å². The van der Waals surface area contributed by atoms with Gasteiger partial charge in [0, 0.05) is 18.3 Å². The molecule has 9 heteroatoms. The molecule has 5 atom stereocenters. The van der Waals surface area contributed by atoms with Crippen LogP contribution < -0.4 is 4.90 Å². The minimum Gasteiger partial charge on any atom is -0.465 e. The van der Waals surface area contributed by atoms with Gasteiger partial charge in [-0.2, -0.15) is 0 Å². The topological polar surface area (TPSA) is 87.2 Å². The first-order valence-corrected chi connectivity index (χ1v) is 12.8. The number of hydrogen-bond donors (Lipinski definition) is 1. The summed E-state index contributed by atoms with van der Waals surface area (Å²) in [5.41, 5.74) is 1.46. The molecule has 2 amide bonds. The first-order valence-electron chi connectivity index (χ1n) is 11.6. The van der Waals surface area contributed by atoms with Crippen LogP contribution in [0.25, 0.3) is 0 Å². The number of likely N-dealkylation sites (tertiary alicyclic amines) is 1. The number of amides is 2. The number of para-hydroxylation sites is 1. The van der Waals surface area contributed by atoms with Crippen LogP contribution in [0.5, 0.6) is 0 Å². The van der Waals surface area contributed by atoms with Crippen molar-refractivity contribution in [1.82, 2.24) is 4.90 Å². The van der Waals surface area contributed by atoms with E-state index in [4.69, 9.17) is 16.3 Å². The van der Waals surface area contributed by atoms with Gasteiger partial charge in [0.25, 0.3) is 5.91 Å². The summed E-state index contributed by atoms with van der Waals surface area (Å²) in [6, 6.07) is 4.60. The van der Waals surface area contributed by atoms with Gasteiger partial charge < -0.3 is 19.6 Å². The van der Waals surface area contributed by atoms with Crippen LogP contribution in [0.1, 0.15) is 18.4 Å². The SMILES string of the molecule is Cc1cccc(Cl)c1N1CC=C[C@]23S[C@@H]4/C=C\CCCOC(=O)[C@@H]4[C@H]2C(=O)N(CCO)C3C1=O. The van der Waals surface area contributed by atoms with Gasteiger partial charge in [0.2, 0.25) is 5.91 Å². The molecule has 0 saturated carbocycles. The maximum absolute atomic E-state index is 14.2. The molecule has 0 aromatic heterocycles. The van der Waals surface area contributed by atoms with Gasteiger partial charge in [-0.1, -0.05) is 48.0 Å². The number of aliphatic hydroxyl groups excluding tert-OH is 1. The van der Waals surface area contributed by atoms with Crippen molar-refractivity contribution < 1.29 is 24.2 Å². The fourth-order valence-corrected chi connectivity index (χ4v) is 8.09. The predicted molar refractivity (Wildman–Crippen MR) is 131 cm³/mol. The number of β-amino-alcohol motifs (C(OH)–C–C–N with tert-alkyl or cyclic N) is 1. The Kier molecular flexibility index (Phi) is 6.25. The first kappa shape index (κ1) is 23.5. The number of carbonyl (C=O) groups excluding carboxylic acids is 3. The second kappa shape index (κ2) is 9.06. The second-order valence-corrected chi connectivity index (χ2v) is 11.0. The van der Waals surface area contributed by atoms with Crippen LogP contribution in [0.3, 0.4) is 0 Å². The molecule has 0 aliphatic carbocycles. The molecule has 2 fully saturated rings. The number of benzene rings is 1. The smallest absolute Gasteiger partial charge is 0.311 e. The van der Waals surface area contributed by atoms with Crippen LogP contribution in [0.4, 0.5) is 5.69 Å². The number of carbonyl (C=O) groups is 3. The lowest BCUT2D eigenvalue weighted by Crippen LogP contribution is -2.54. The van der Waals surface area contributed by atoms with Gasteiger partial charge in [0.15, 0.2) is 0 Å². The Morgan fingerprint density at radius 1 is 1.24 bits per heavy atom. The maximum atomic E-state index is 14.2. The Morgan fingerprint density at radius 2 is 2.06 bits per heavy atom. The minimum atomic E-state index is -0.939. The van der Waals surface area contributed by atoms with Crippen molar-refractivity contribution in [1.29, 1.82) is 0 Å². The van der Waals surface area contributed by atoms with Gasteiger partial charge in [-0.3, -0.25) is 14.4 Å². The van der Waals surface area contributed by atoms with Gasteiger partial charge >= 0.3 is 5.97 Å². The molecule has 4 aliphatic heterocycles. The zero-order chi connectivity index (χ0) is 24.0. The molecule has 1 spiro atoms.